The molecule has 1 unspecified atom stereocenters. The first-order chi connectivity index (χ1) is 13.5. The summed E-state index contributed by atoms with van der Waals surface area (Å²) in [7, 11) is 0. The van der Waals surface area contributed by atoms with Crippen molar-refractivity contribution in [2.24, 2.45) is 5.73 Å². The van der Waals surface area contributed by atoms with E-state index in [4.69, 9.17) is 5.73 Å². The van der Waals surface area contributed by atoms with Gasteiger partial charge in [0, 0.05) is 6.20 Å². The fourth-order valence-electron chi connectivity index (χ4n) is 2.87. The smallest absolute Gasteiger partial charge is 0.270 e. The van der Waals surface area contributed by atoms with E-state index in [0.29, 0.717) is 11.5 Å². The molecule has 1 aromatic carbocycles. The number of hydrogen-bond donors (Lipinski definition) is 3. The largest absolute Gasteiger partial charge is 0.381 e. The minimum Gasteiger partial charge on any atom is -0.381 e. The molecule has 2 heterocycles. The van der Waals surface area contributed by atoms with Crippen molar-refractivity contribution in [3.8, 4) is 5.82 Å². The van der Waals surface area contributed by atoms with Crippen LogP contribution in [0.2, 0.25) is 0 Å². The van der Waals surface area contributed by atoms with Gasteiger partial charge in [0.05, 0.1) is 11.7 Å². The standard InChI is InChI=1S/C20H21N5O3/c1-13-11-16(25(24-13)17-9-5-6-10-22-17)20(28)23-15(18(26)19(21)27)12-14-7-3-2-4-8-14/h2-11,15,18,26H,12H2,1H3,(H2,21,27)(H,23,28)/t15-,18?/m0/s1. The molecule has 3 rings (SSSR count). The summed E-state index contributed by atoms with van der Waals surface area (Å²) in [6.45, 7) is 1.76. The van der Waals surface area contributed by atoms with Gasteiger partial charge < -0.3 is 16.2 Å². The van der Waals surface area contributed by atoms with Crippen LogP contribution in [-0.2, 0) is 11.2 Å². The van der Waals surface area contributed by atoms with Crippen molar-refractivity contribution in [1.29, 1.82) is 0 Å². The van der Waals surface area contributed by atoms with Crippen LogP contribution in [0.5, 0.6) is 0 Å². The molecular weight excluding hydrogens is 358 g/mol. The molecule has 3 aromatic rings. The maximum absolute atomic E-state index is 12.9. The molecule has 2 aromatic heterocycles. The van der Waals surface area contributed by atoms with E-state index in [2.05, 4.69) is 15.4 Å². The average molecular weight is 379 g/mol. The van der Waals surface area contributed by atoms with Crippen LogP contribution in [0.1, 0.15) is 21.7 Å². The lowest BCUT2D eigenvalue weighted by molar-refractivity contribution is -0.127. The van der Waals surface area contributed by atoms with Gasteiger partial charge in [0.2, 0.25) is 5.91 Å². The van der Waals surface area contributed by atoms with Gasteiger partial charge in [-0.05, 0) is 37.1 Å². The van der Waals surface area contributed by atoms with Crippen molar-refractivity contribution >= 4 is 11.8 Å². The fourth-order valence-corrected chi connectivity index (χ4v) is 2.87. The Morgan fingerprint density at radius 3 is 2.54 bits per heavy atom. The minimum absolute atomic E-state index is 0.242. The summed E-state index contributed by atoms with van der Waals surface area (Å²) in [6, 6.07) is 15.2. The van der Waals surface area contributed by atoms with Crippen molar-refractivity contribution in [3.05, 3.63) is 77.7 Å². The number of aryl methyl sites for hydroxylation is 1. The van der Waals surface area contributed by atoms with Crippen LogP contribution in [0.3, 0.4) is 0 Å². The summed E-state index contributed by atoms with van der Waals surface area (Å²) < 4.78 is 1.42. The van der Waals surface area contributed by atoms with Crippen LogP contribution in [0.15, 0.2) is 60.8 Å². The predicted octanol–water partition coefficient (Wildman–Crippen LogP) is 0.763. The maximum atomic E-state index is 12.9. The molecule has 28 heavy (non-hydrogen) atoms. The number of carbonyl (C=O) groups excluding carboxylic acids is 2. The highest BCUT2D eigenvalue weighted by molar-refractivity contribution is 5.94. The summed E-state index contributed by atoms with van der Waals surface area (Å²) in [5.74, 6) is -0.918. The number of rotatable bonds is 7. The van der Waals surface area contributed by atoms with E-state index in [-0.39, 0.29) is 12.1 Å². The number of amides is 2. The lowest BCUT2D eigenvalue weighted by Crippen LogP contribution is -2.50. The summed E-state index contributed by atoms with van der Waals surface area (Å²) >= 11 is 0. The number of carbonyl (C=O) groups is 2. The molecule has 144 valence electrons. The maximum Gasteiger partial charge on any atom is 0.270 e. The Bertz CT molecular complexity index is 956. The molecule has 0 saturated heterocycles. The number of aromatic nitrogens is 3. The number of primary amides is 1. The lowest BCUT2D eigenvalue weighted by Gasteiger charge is -2.22. The molecule has 0 spiro atoms. The average Bonchev–Trinajstić information content (AvgIpc) is 3.10. The van der Waals surface area contributed by atoms with Crippen molar-refractivity contribution in [2.75, 3.05) is 0 Å². The SMILES string of the molecule is Cc1cc(C(=O)N[C@@H](Cc2ccccc2)C(O)C(N)=O)n(-c2ccccn2)n1. The number of benzene rings is 1. The zero-order valence-electron chi connectivity index (χ0n) is 15.3. The first kappa shape index (κ1) is 19.2. The van der Waals surface area contributed by atoms with Crippen LogP contribution in [-0.4, -0.2) is 43.8 Å². The molecule has 0 saturated carbocycles. The Hall–Kier alpha value is -3.52. The molecule has 2 amide bonds. The molecular formula is C20H21N5O3. The first-order valence-electron chi connectivity index (χ1n) is 8.76. The molecule has 8 heteroatoms. The highest BCUT2D eigenvalue weighted by Gasteiger charge is 2.28. The molecule has 2 atom stereocenters. The quantitative estimate of drug-likeness (QED) is 0.559. The molecule has 0 fully saturated rings. The third-order valence-corrected chi connectivity index (χ3v) is 4.22. The normalized spacial score (nSPS) is 12.9. The Balaban J connectivity index is 1.87. The first-order valence-corrected chi connectivity index (χ1v) is 8.76. The monoisotopic (exact) mass is 379 g/mol. The highest BCUT2D eigenvalue weighted by atomic mass is 16.3. The van der Waals surface area contributed by atoms with Gasteiger partial charge in [0.1, 0.15) is 5.69 Å². The van der Waals surface area contributed by atoms with Crippen LogP contribution >= 0.6 is 0 Å². The highest BCUT2D eigenvalue weighted by Crippen LogP contribution is 2.12. The van der Waals surface area contributed by atoms with Gasteiger partial charge in [0.25, 0.3) is 5.91 Å². The number of pyridine rings is 1. The molecule has 4 N–H and O–H groups in total. The second-order valence-corrected chi connectivity index (χ2v) is 6.39. The summed E-state index contributed by atoms with van der Waals surface area (Å²) in [6.07, 6.45) is 0.313. The Kier molecular flexibility index (Phi) is 5.81. The topological polar surface area (TPSA) is 123 Å². The zero-order valence-corrected chi connectivity index (χ0v) is 15.3. The van der Waals surface area contributed by atoms with E-state index < -0.39 is 24.0 Å². The Labute approximate surface area is 162 Å². The number of nitrogens with two attached hydrogens (primary N) is 1. The predicted molar refractivity (Wildman–Crippen MR) is 103 cm³/mol. The van der Waals surface area contributed by atoms with Gasteiger partial charge >= 0.3 is 0 Å². The fraction of sp³-hybridized carbons (Fsp3) is 0.200. The van der Waals surface area contributed by atoms with Crippen LogP contribution < -0.4 is 11.1 Å². The van der Waals surface area contributed by atoms with E-state index in [1.165, 1.54) is 4.68 Å². The molecule has 8 nitrogen and oxygen atoms in total. The Morgan fingerprint density at radius 1 is 1.18 bits per heavy atom. The summed E-state index contributed by atoms with van der Waals surface area (Å²) in [4.78, 5) is 28.7. The van der Waals surface area contributed by atoms with E-state index in [0.717, 1.165) is 5.56 Å². The Morgan fingerprint density at radius 2 is 1.89 bits per heavy atom. The van der Waals surface area contributed by atoms with Gasteiger partial charge in [-0.25, -0.2) is 9.67 Å². The minimum atomic E-state index is -1.53. The van der Waals surface area contributed by atoms with Crippen LogP contribution in [0.4, 0.5) is 0 Å². The number of nitrogens with one attached hydrogen (secondary N) is 1. The van der Waals surface area contributed by atoms with Crippen molar-refractivity contribution in [3.63, 3.8) is 0 Å². The van der Waals surface area contributed by atoms with Crippen LogP contribution in [0, 0.1) is 6.92 Å². The molecule has 0 aliphatic heterocycles. The number of hydrogen-bond acceptors (Lipinski definition) is 5. The van der Waals surface area contributed by atoms with E-state index in [9.17, 15) is 14.7 Å². The van der Waals surface area contributed by atoms with Crippen molar-refractivity contribution in [1.82, 2.24) is 20.1 Å². The second-order valence-electron chi connectivity index (χ2n) is 6.39. The zero-order chi connectivity index (χ0) is 20.1. The number of aliphatic hydroxyl groups excluding tert-OH is 1. The second kappa shape index (κ2) is 8.45. The van der Waals surface area contributed by atoms with Crippen LogP contribution in [0.25, 0.3) is 5.82 Å². The van der Waals surface area contributed by atoms with Crippen molar-refractivity contribution < 1.29 is 14.7 Å². The third-order valence-electron chi connectivity index (χ3n) is 4.22. The van der Waals surface area contributed by atoms with Crippen molar-refractivity contribution in [2.45, 2.75) is 25.5 Å². The lowest BCUT2D eigenvalue weighted by atomic mass is 10.0. The van der Waals surface area contributed by atoms with Gasteiger partial charge in [-0.3, -0.25) is 9.59 Å². The molecule has 0 aliphatic carbocycles. The number of aliphatic hydroxyl groups is 1. The third kappa shape index (κ3) is 4.41. The van der Waals surface area contributed by atoms with E-state index >= 15 is 0 Å². The van der Waals surface area contributed by atoms with Gasteiger partial charge in [0.15, 0.2) is 11.9 Å². The van der Waals surface area contributed by atoms with Gasteiger partial charge in [-0.2, -0.15) is 5.10 Å². The summed E-state index contributed by atoms with van der Waals surface area (Å²) in [5.41, 5.74) is 6.98. The van der Waals surface area contributed by atoms with E-state index in [1.807, 2.05) is 30.3 Å². The molecule has 0 bridgehead atoms. The number of nitrogens with zero attached hydrogens (tertiary/aromatic N) is 3. The molecule has 0 aliphatic rings. The van der Waals surface area contributed by atoms with Gasteiger partial charge in [-0.15, -0.1) is 0 Å². The summed E-state index contributed by atoms with van der Waals surface area (Å²) in [5, 5.41) is 17.2. The van der Waals surface area contributed by atoms with E-state index in [1.54, 1.807) is 37.4 Å². The van der Waals surface area contributed by atoms with Gasteiger partial charge in [-0.1, -0.05) is 36.4 Å². The molecule has 0 radical (unpaired) electrons.